The minimum Gasteiger partial charge on any atom is -0.481 e. The van der Waals surface area contributed by atoms with E-state index in [1.54, 1.807) is 11.0 Å². The molecule has 1 aliphatic heterocycles. The van der Waals surface area contributed by atoms with Gasteiger partial charge in [-0.2, -0.15) is 0 Å². The smallest absolute Gasteiger partial charge is 0.306 e. The number of carboxylic acids is 1. The molecule has 0 bridgehead atoms. The molecule has 0 radical (unpaired) electrons. The van der Waals surface area contributed by atoms with Crippen LogP contribution in [-0.2, 0) is 4.79 Å². The molecule has 4 nitrogen and oxygen atoms in total. The molecule has 1 saturated heterocycles. The third kappa shape index (κ3) is 2.75. The third-order valence-corrected chi connectivity index (χ3v) is 4.91. The second-order valence-corrected chi connectivity index (χ2v) is 7.03. The summed E-state index contributed by atoms with van der Waals surface area (Å²) in [6.45, 7) is 2.93. The van der Waals surface area contributed by atoms with E-state index in [2.05, 4.69) is 15.9 Å². The Labute approximate surface area is 118 Å². The van der Waals surface area contributed by atoms with E-state index in [4.69, 9.17) is 5.11 Å². The van der Waals surface area contributed by atoms with E-state index in [1.165, 1.54) is 11.3 Å². The average Bonchev–Trinajstić information content (AvgIpc) is 2.74. The molecule has 1 aromatic rings. The van der Waals surface area contributed by atoms with Crippen molar-refractivity contribution in [3.05, 3.63) is 20.8 Å². The number of carboxylic acid groups (broad SMARTS) is 1. The van der Waals surface area contributed by atoms with Gasteiger partial charge in [0.1, 0.15) is 0 Å². The largest absolute Gasteiger partial charge is 0.481 e. The number of rotatable bonds is 2. The first kappa shape index (κ1) is 13.5. The van der Waals surface area contributed by atoms with Crippen LogP contribution >= 0.6 is 27.3 Å². The maximum atomic E-state index is 12.2. The summed E-state index contributed by atoms with van der Waals surface area (Å²) in [5.74, 6) is -1.08. The molecular formula is C12H14BrNO3S. The Hall–Kier alpha value is -0.880. The normalized spacial score (nSPS) is 24.0. The van der Waals surface area contributed by atoms with Gasteiger partial charge in [-0.15, -0.1) is 11.3 Å². The second-order valence-electron chi connectivity index (χ2n) is 4.57. The summed E-state index contributed by atoms with van der Waals surface area (Å²) in [7, 11) is 0. The van der Waals surface area contributed by atoms with Crippen LogP contribution in [0.1, 0.15) is 23.0 Å². The highest BCUT2D eigenvalue weighted by Crippen LogP contribution is 2.27. The predicted octanol–water partition coefficient (Wildman–Crippen LogP) is 2.69. The molecule has 2 heterocycles. The van der Waals surface area contributed by atoms with E-state index < -0.39 is 5.97 Å². The van der Waals surface area contributed by atoms with Crippen molar-refractivity contribution < 1.29 is 14.7 Å². The number of likely N-dealkylation sites (tertiary alicyclic amines) is 1. The van der Waals surface area contributed by atoms with Gasteiger partial charge in [0.2, 0.25) is 0 Å². The Morgan fingerprint density at radius 1 is 1.50 bits per heavy atom. The SMILES string of the molecule is CC1CN(C(=O)c2ccc(Br)s2)CCC1C(=O)O. The molecule has 2 atom stereocenters. The Morgan fingerprint density at radius 2 is 2.22 bits per heavy atom. The molecule has 1 fully saturated rings. The zero-order chi connectivity index (χ0) is 13.3. The highest BCUT2D eigenvalue weighted by atomic mass is 79.9. The molecule has 0 spiro atoms. The second kappa shape index (κ2) is 5.40. The number of thiophene rings is 1. The molecule has 0 aliphatic carbocycles. The maximum Gasteiger partial charge on any atom is 0.306 e. The van der Waals surface area contributed by atoms with E-state index >= 15 is 0 Å². The molecule has 98 valence electrons. The fraction of sp³-hybridized carbons (Fsp3) is 0.500. The Kier molecular flexibility index (Phi) is 4.07. The van der Waals surface area contributed by atoms with Gasteiger partial charge in [0.25, 0.3) is 5.91 Å². The molecule has 18 heavy (non-hydrogen) atoms. The van der Waals surface area contributed by atoms with Crippen LogP contribution in [0.2, 0.25) is 0 Å². The van der Waals surface area contributed by atoms with E-state index in [9.17, 15) is 9.59 Å². The number of carbonyl (C=O) groups excluding carboxylic acids is 1. The predicted molar refractivity (Wildman–Crippen MR) is 72.8 cm³/mol. The molecule has 6 heteroatoms. The zero-order valence-electron chi connectivity index (χ0n) is 9.93. The fourth-order valence-electron chi connectivity index (χ4n) is 2.28. The minimum absolute atomic E-state index is 0.00129. The molecule has 1 N–H and O–H groups in total. The Bertz CT molecular complexity index is 474. The zero-order valence-corrected chi connectivity index (χ0v) is 12.3. The van der Waals surface area contributed by atoms with Gasteiger partial charge in [-0.05, 0) is 40.4 Å². The highest BCUT2D eigenvalue weighted by molar-refractivity contribution is 9.11. The van der Waals surface area contributed by atoms with Gasteiger partial charge >= 0.3 is 5.97 Å². The molecule has 0 saturated carbocycles. The topological polar surface area (TPSA) is 57.6 Å². The molecular weight excluding hydrogens is 318 g/mol. The van der Waals surface area contributed by atoms with Crippen LogP contribution in [0.15, 0.2) is 15.9 Å². The minimum atomic E-state index is -0.756. The lowest BCUT2D eigenvalue weighted by Crippen LogP contribution is -2.44. The molecule has 1 amide bonds. The van der Waals surface area contributed by atoms with Crippen molar-refractivity contribution in [1.82, 2.24) is 4.90 Å². The third-order valence-electron chi connectivity index (χ3n) is 3.29. The molecule has 2 unspecified atom stereocenters. The van der Waals surface area contributed by atoms with Gasteiger partial charge in [-0.25, -0.2) is 0 Å². The van der Waals surface area contributed by atoms with Crippen molar-refractivity contribution in [2.45, 2.75) is 13.3 Å². The van der Waals surface area contributed by atoms with Crippen molar-refractivity contribution in [3.63, 3.8) is 0 Å². The van der Waals surface area contributed by atoms with Crippen molar-refractivity contribution in [1.29, 1.82) is 0 Å². The van der Waals surface area contributed by atoms with Crippen LogP contribution in [0.3, 0.4) is 0 Å². The van der Waals surface area contributed by atoms with Crippen molar-refractivity contribution in [2.24, 2.45) is 11.8 Å². The lowest BCUT2D eigenvalue weighted by atomic mass is 9.87. The lowest BCUT2D eigenvalue weighted by Gasteiger charge is -2.34. The number of halogens is 1. The number of hydrogen-bond donors (Lipinski definition) is 1. The van der Waals surface area contributed by atoms with Gasteiger partial charge in [-0.3, -0.25) is 9.59 Å². The number of aliphatic carboxylic acids is 1. The summed E-state index contributed by atoms with van der Waals surface area (Å²) in [6.07, 6.45) is 0.536. The van der Waals surface area contributed by atoms with Crippen LogP contribution in [0, 0.1) is 11.8 Å². The van der Waals surface area contributed by atoms with E-state index in [1.807, 2.05) is 13.0 Å². The van der Waals surface area contributed by atoms with Gasteiger partial charge in [0.15, 0.2) is 0 Å². The van der Waals surface area contributed by atoms with Crippen molar-refractivity contribution in [2.75, 3.05) is 13.1 Å². The molecule has 1 aromatic heterocycles. The van der Waals surface area contributed by atoms with E-state index in [0.717, 1.165) is 3.79 Å². The summed E-state index contributed by atoms with van der Waals surface area (Å²) in [5.41, 5.74) is 0. The fourth-order valence-corrected chi connectivity index (χ4v) is 3.64. The van der Waals surface area contributed by atoms with Crippen LogP contribution in [0.5, 0.6) is 0 Å². The first-order valence-electron chi connectivity index (χ1n) is 5.76. The number of carbonyl (C=O) groups is 2. The van der Waals surface area contributed by atoms with Crippen LogP contribution < -0.4 is 0 Å². The average molecular weight is 332 g/mol. The Balaban J connectivity index is 2.04. The Morgan fingerprint density at radius 3 is 2.72 bits per heavy atom. The number of amides is 1. The van der Waals surface area contributed by atoms with Crippen LogP contribution in [0.4, 0.5) is 0 Å². The summed E-state index contributed by atoms with van der Waals surface area (Å²) in [4.78, 5) is 25.7. The first-order chi connectivity index (χ1) is 8.49. The number of nitrogens with zero attached hydrogens (tertiary/aromatic N) is 1. The summed E-state index contributed by atoms with van der Waals surface area (Å²) in [6, 6.07) is 3.65. The van der Waals surface area contributed by atoms with Crippen LogP contribution in [0.25, 0.3) is 0 Å². The summed E-state index contributed by atoms with van der Waals surface area (Å²) >= 11 is 4.74. The lowest BCUT2D eigenvalue weighted by molar-refractivity contribution is -0.145. The molecule has 1 aliphatic rings. The van der Waals surface area contributed by atoms with Crippen LogP contribution in [-0.4, -0.2) is 35.0 Å². The van der Waals surface area contributed by atoms with E-state index in [0.29, 0.717) is 24.4 Å². The monoisotopic (exact) mass is 331 g/mol. The highest BCUT2D eigenvalue weighted by Gasteiger charge is 2.33. The summed E-state index contributed by atoms with van der Waals surface area (Å²) < 4.78 is 0.930. The number of piperidine rings is 1. The molecule has 0 aromatic carbocycles. The van der Waals surface area contributed by atoms with Gasteiger partial charge < -0.3 is 10.0 Å². The maximum absolute atomic E-state index is 12.2. The molecule has 2 rings (SSSR count). The van der Waals surface area contributed by atoms with Gasteiger partial charge in [0, 0.05) is 13.1 Å². The number of hydrogen-bond acceptors (Lipinski definition) is 3. The van der Waals surface area contributed by atoms with Gasteiger partial charge in [0.05, 0.1) is 14.6 Å². The summed E-state index contributed by atoms with van der Waals surface area (Å²) in [5, 5.41) is 9.05. The standard InChI is InChI=1S/C12H14BrNO3S/c1-7-6-14(5-4-8(7)12(16)17)11(15)9-2-3-10(13)18-9/h2-3,7-8H,4-6H2,1H3,(H,16,17). The first-order valence-corrected chi connectivity index (χ1v) is 7.37. The van der Waals surface area contributed by atoms with Crippen molar-refractivity contribution >= 4 is 39.1 Å². The van der Waals surface area contributed by atoms with Crippen molar-refractivity contribution in [3.8, 4) is 0 Å². The van der Waals surface area contributed by atoms with E-state index in [-0.39, 0.29) is 17.7 Å². The quantitative estimate of drug-likeness (QED) is 0.906. The van der Waals surface area contributed by atoms with Gasteiger partial charge in [-0.1, -0.05) is 6.92 Å².